The van der Waals surface area contributed by atoms with E-state index in [9.17, 15) is 4.79 Å². The highest BCUT2D eigenvalue weighted by atomic mass is 16.5. The summed E-state index contributed by atoms with van der Waals surface area (Å²) < 4.78 is 11.5. The molecule has 2 amide bonds. The Bertz CT molecular complexity index is 1080. The van der Waals surface area contributed by atoms with Gasteiger partial charge in [-0.25, -0.2) is 4.79 Å². The molecule has 0 fully saturated rings. The van der Waals surface area contributed by atoms with Crippen molar-refractivity contribution in [2.24, 2.45) is 5.41 Å². The molecule has 180 valence electrons. The zero-order valence-corrected chi connectivity index (χ0v) is 20.7. The molecule has 6 heteroatoms. The highest BCUT2D eigenvalue weighted by Crippen LogP contribution is 2.38. The Balaban J connectivity index is 1.91. The molecule has 34 heavy (non-hydrogen) atoms. The maximum Gasteiger partial charge on any atom is 0.319 e. The van der Waals surface area contributed by atoms with Gasteiger partial charge in [-0.2, -0.15) is 0 Å². The third kappa shape index (κ3) is 6.50. The second-order valence-corrected chi connectivity index (χ2v) is 9.29. The molecular formula is C28H35N3O3. The molecule has 1 atom stereocenters. The summed E-state index contributed by atoms with van der Waals surface area (Å²) >= 11 is 0. The minimum Gasteiger partial charge on any atom is -0.496 e. The lowest BCUT2D eigenvalue weighted by Crippen LogP contribution is -2.39. The van der Waals surface area contributed by atoms with Crippen LogP contribution in [0, 0.1) is 5.41 Å². The van der Waals surface area contributed by atoms with Crippen LogP contribution in [-0.2, 0) is 0 Å². The van der Waals surface area contributed by atoms with Gasteiger partial charge in [0.2, 0.25) is 0 Å². The number of benzene rings is 2. The van der Waals surface area contributed by atoms with Crippen LogP contribution in [0.5, 0.6) is 11.5 Å². The van der Waals surface area contributed by atoms with E-state index in [0.29, 0.717) is 12.3 Å². The van der Waals surface area contributed by atoms with Crippen molar-refractivity contribution in [2.75, 3.05) is 19.0 Å². The molecule has 3 rings (SSSR count). The fourth-order valence-corrected chi connectivity index (χ4v) is 3.78. The lowest BCUT2D eigenvalue weighted by Gasteiger charge is -2.31. The summed E-state index contributed by atoms with van der Waals surface area (Å²) in [6, 6.07) is 16.8. The Morgan fingerprint density at radius 1 is 1.06 bits per heavy atom. The van der Waals surface area contributed by atoms with Gasteiger partial charge in [0.05, 0.1) is 25.4 Å². The van der Waals surface area contributed by atoms with Crippen LogP contribution < -0.4 is 20.1 Å². The second-order valence-electron chi connectivity index (χ2n) is 9.29. The smallest absolute Gasteiger partial charge is 0.319 e. The molecule has 1 unspecified atom stereocenters. The number of hydrogen-bond donors (Lipinski definition) is 2. The molecule has 0 aliphatic rings. The SMILES string of the molecule is CCCCOc1ccc(NC(=O)NC(c2cccnc2)C(C)(C)C)c(-c2ccccc2OC)c1. The van der Waals surface area contributed by atoms with Crippen LogP contribution in [0.15, 0.2) is 67.0 Å². The molecule has 2 N–H and O–H groups in total. The first-order valence-electron chi connectivity index (χ1n) is 11.7. The van der Waals surface area contributed by atoms with Crippen LogP contribution in [0.25, 0.3) is 11.1 Å². The van der Waals surface area contributed by atoms with Gasteiger partial charge in [-0.3, -0.25) is 4.98 Å². The second kappa shape index (κ2) is 11.5. The van der Waals surface area contributed by atoms with Crippen LogP contribution in [-0.4, -0.2) is 24.7 Å². The van der Waals surface area contributed by atoms with Crippen molar-refractivity contribution in [3.63, 3.8) is 0 Å². The van der Waals surface area contributed by atoms with E-state index in [1.54, 1.807) is 19.5 Å². The van der Waals surface area contributed by atoms with Gasteiger partial charge in [0.25, 0.3) is 0 Å². The van der Waals surface area contributed by atoms with Crippen molar-refractivity contribution >= 4 is 11.7 Å². The number of unbranched alkanes of at least 4 members (excludes halogenated alkanes) is 1. The number of carbonyl (C=O) groups excluding carboxylic acids is 1. The number of para-hydroxylation sites is 1. The van der Waals surface area contributed by atoms with E-state index in [4.69, 9.17) is 9.47 Å². The van der Waals surface area contributed by atoms with E-state index in [2.05, 4.69) is 43.3 Å². The number of rotatable bonds is 9. The number of carbonyl (C=O) groups is 1. The van der Waals surface area contributed by atoms with Gasteiger partial charge in [0.1, 0.15) is 11.5 Å². The summed E-state index contributed by atoms with van der Waals surface area (Å²) in [5.41, 5.74) is 3.12. The van der Waals surface area contributed by atoms with Crippen molar-refractivity contribution in [3.8, 4) is 22.6 Å². The number of ether oxygens (including phenoxy) is 2. The first-order chi connectivity index (χ1) is 16.3. The summed E-state index contributed by atoms with van der Waals surface area (Å²) in [4.78, 5) is 17.4. The lowest BCUT2D eigenvalue weighted by molar-refractivity contribution is 0.229. The minimum absolute atomic E-state index is 0.206. The zero-order chi connectivity index (χ0) is 24.6. The average molecular weight is 462 g/mol. The molecule has 0 aliphatic carbocycles. The zero-order valence-electron chi connectivity index (χ0n) is 20.7. The van der Waals surface area contributed by atoms with Gasteiger partial charge in [-0.1, -0.05) is 58.4 Å². The summed E-state index contributed by atoms with van der Waals surface area (Å²) in [5, 5.41) is 6.18. The highest BCUT2D eigenvalue weighted by Gasteiger charge is 2.28. The Hall–Kier alpha value is -3.54. The maximum atomic E-state index is 13.2. The third-order valence-corrected chi connectivity index (χ3v) is 5.56. The van der Waals surface area contributed by atoms with Crippen molar-refractivity contribution in [1.29, 1.82) is 0 Å². The fourth-order valence-electron chi connectivity index (χ4n) is 3.78. The van der Waals surface area contributed by atoms with Gasteiger partial charge in [-0.05, 0) is 47.7 Å². The molecule has 1 aromatic heterocycles. The third-order valence-electron chi connectivity index (χ3n) is 5.56. The highest BCUT2D eigenvalue weighted by molar-refractivity contribution is 5.96. The predicted molar refractivity (Wildman–Crippen MR) is 137 cm³/mol. The van der Waals surface area contributed by atoms with Gasteiger partial charge in [0.15, 0.2) is 0 Å². The topological polar surface area (TPSA) is 72.5 Å². The number of hydrogen-bond acceptors (Lipinski definition) is 4. The summed E-state index contributed by atoms with van der Waals surface area (Å²) in [6.07, 6.45) is 5.56. The van der Waals surface area contributed by atoms with Crippen LogP contribution in [0.4, 0.5) is 10.5 Å². The van der Waals surface area contributed by atoms with Gasteiger partial charge < -0.3 is 20.1 Å². The minimum atomic E-state index is -0.292. The van der Waals surface area contributed by atoms with Gasteiger partial charge in [0, 0.05) is 23.5 Å². The number of urea groups is 1. The molecule has 0 spiro atoms. The van der Waals surface area contributed by atoms with Crippen molar-refractivity contribution < 1.29 is 14.3 Å². The summed E-state index contributed by atoms with van der Waals surface area (Å²) in [5.74, 6) is 1.47. The van der Waals surface area contributed by atoms with Gasteiger partial charge >= 0.3 is 6.03 Å². The molecule has 0 bridgehead atoms. The monoisotopic (exact) mass is 461 g/mol. The summed E-state index contributed by atoms with van der Waals surface area (Å²) in [6.45, 7) is 9.05. The van der Waals surface area contributed by atoms with Crippen molar-refractivity contribution in [1.82, 2.24) is 10.3 Å². The average Bonchev–Trinajstić information content (AvgIpc) is 2.83. The number of nitrogens with one attached hydrogen (secondary N) is 2. The molecule has 0 saturated heterocycles. The molecule has 0 radical (unpaired) electrons. The number of methoxy groups -OCH3 is 1. The molecule has 0 aliphatic heterocycles. The van der Waals surface area contributed by atoms with E-state index in [-0.39, 0.29) is 17.5 Å². The first-order valence-corrected chi connectivity index (χ1v) is 11.7. The Morgan fingerprint density at radius 3 is 2.53 bits per heavy atom. The first kappa shape index (κ1) is 25.1. The van der Waals surface area contributed by atoms with Crippen molar-refractivity contribution in [2.45, 2.75) is 46.6 Å². The number of pyridine rings is 1. The molecular weight excluding hydrogens is 426 g/mol. The standard InChI is InChI=1S/C28H35N3O3/c1-6-7-17-34-21-14-15-24(23(18-21)22-12-8-9-13-25(22)33-5)30-27(32)31-26(28(2,3)4)20-11-10-16-29-19-20/h8-16,18-19,26H,6-7,17H2,1-5H3,(H2,30,31,32). The lowest BCUT2D eigenvalue weighted by atomic mass is 9.83. The number of aromatic nitrogens is 1. The predicted octanol–water partition coefficient (Wildman–Crippen LogP) is 6.85. The molecule has 1 heterocycles. The number of anilines is 1. The summed E-state index contributed by atoms with van der Waals surface area (Å²) in [7, 11) is 1.64. The van der Waals surface area contributed by atoms with E-state index < -0.39 is 0 Å². The van der Waals surface area contributed by atoms with Crippen LogP contribution in [0.3, 0.4) is 0 Å². The normalized spacial score (nSPS) is 12.0. The Labute approximate surface area is 202 Å². The van der Waals surface area contributed by atoms with E-state index in [1.165, 1.54) is 0 Å². The fraction of sp³-hybridized carbons (Fsp3) is 0.357. The van der Waals surface area contributed by atoms with E-state index in [0.717, 1.165) is 41.0 Å². The molecule has 6 nitrogen and oxygen atoms in total. The van der Waals surface area contributed by atoms with E-state index >= 15 is 0 Å². The molecule has 2 aromatic carbocycles. The van der Waals surface area contributed by atoms with Crippen LogP contribution in [0.2, 0.25) is 0 Å². The Kier molecular flexibility index (Phi) is 8.52. The molecule has 3 aromatic rings. The maximum absolute atomic E-state index is 13.2. The number of nitrogens with zero attached hydrogens (tertiary/aromatic N) is 1. The number of amides is 2. The van der Waals surface area contributed by atoms with Crippen molar-refractivity contribution in [3.05, 3.63) is 72.6 Å². The van der Waals surface area contributed by atoms with Crippen LogP contribution in [0.1, 0.15) is 52.1 Å². The largest absolute Gasteiger partial charge is 0.496 e. The van der Waals surface area contributed by atoms with Crippen LogP contribution >= 0.6 is 0 Å². The Morgan fingerprint density at radius 2 is 1.85 bits per heavy atom. The molecule has 0 saturated carbocycles. The van der Waals surface area contributed by atoms with Gasteiger partial charge in [-0.15, -0.1) is 0 Å². The van der Waals surface area contributed by atoms with E-state index in [1.807, 2.05) is 54.6 Å². The quantitative estimate of drug-likeness (QED) is 0.342.